The molecule has 1 fully saturated rings. The van der Waals surface area contributed by atoms with Gasteiger partial charge in [0, 0.05) is 12.5 Å². The number of rotatable bonds is 9. The van der Waals surface area contributed by atoms with Crippen molar-refractivity contribution in [2.45, 2.75) is 116 Å². The van der Waals surface area contributed by atoms with E-state index in [0.29, 0.717) is 12.8 Å². The fourth-order valence-corrected chi connectivity index (χ4v) is 6.68. The van der Waals surface area contributed by atoms with Gasteiger partial charge in [-0.2, -0.15) is 0 Å². The van der Waals surface area contributed by atoms with Gasteiger partial charge in [-0.25, -0.2) is 9.59 Å². The highest BCUT2D eigenvalue weighted by Gasteiger charge is 2.41. The molecule has 1 saturated carbocycles. The van der Waals surface area contributed by atoms with Crippen LogP contribution in [0.15, 0.2) is 35.4 Å². The van der Waals surface area contributed by atoms with Crippen molar-refractivity contribution in [1.82, 2.24) is 0 Å². The average molecular weight is 549 g/mol. The minimum Gasteiger partial charge on any atom is -0.544 e. The summed E-state index contributed by atoms with van der Waals surface area (Å²) in [6, 6.07) is 7.40. The summed E-state index contributed by atoms with van der Waals surface area (Å²) in [5, 5.41) is 20.3. The summed E-state index contributed by atoms with van der Waals surface area (Å²) in [5.74, 6) is -1.83. The number of hydrogen-bond donors (Lipinski definition) is 2. The van der Waals surface area contributed by atoms with E-state index in [4.69, 9.17) is 8.85 Å². The number of carboxylic acids is 2. The van der Waals surface area contributed by atoms with Crippen molar-refractivity contribution in [3.05, 3.63) is 41.0 Å². The molecular weight excluding hydrogens is 500 g/mol. The molecule has 1 aliphatic rings. The van der Waals surface area contributed by atoms with Crippen LogP contribution in [-0.4, -0.2) is 44.9 Å². The van der Waals surface area contributed by atoms with Crippen molar-refractivity contribution >= 4 is 28.6 Å². The maximum absolute atomic E-state index is 12.3. The second kappa shape index (κ2) is 11.5. The van der Waals surface area contributed by atoms with Gasteiger partial charge >= 0.3 is 11.9 Å². The standard InChI is InChI=1S/C29H48O6Si2/c1-28(2,3)36(7,8)34-22-15-11-20(12-16-22)19-24(26(30)31)25(27(32)33)21-13-17-23(18-14-21)35-37(9,10)29(4,5)6/h11-12,15-16,21,23H,13-14,17-19H2,1-10H3,(H,30,31)(H,32,33)/b25-24-. The second-order valence-electron chi connectivity index (χ2n) is 13.5. The van der Waals surface area contributed by atoms with Crippen LogP contribution in [0.4, 0.5) is 0 Å². The molecular formula is C29H48O6Si2. The number of carbonyl (C=O) groups is 2. The smallest absolute Gasteiger partial charge is 0.332 e. The molecule has 0 spiro atoms. The molecule has 0 heterocycles. The molecule has 0 unspecified atom stereocenters. The highest BCUT2D eigenvalue weighted by molar-refractivity contribution is 6.75. The molecule has 8 heteroatoms. The first-order valence-corrected chi connectivity index (χ1v) is 19.2. The Morgan fingerprint density at radius 3 is 1.70 bits per heavy atom. The normalized spacial score (nSPS) is 20.3. The molecule has 1 aromatic carbocycles. The highest BCUT2D eigenvalue weighted by atomic mass is 28.4. The van der Waals surface area contributed by atoms with Crippen LogP contribution >= 0.6 is 0 Å². The fraction of sp³-hybridized carbons (Fsp3) is 0.655. The number of hydrogen-bond acceptors (Lipinski definition) is 4. The van der Waals surface area contributed by atoms with Crippen molar-refractivity contribution < 1.29 is 28.7 Å². The third-order valence-electron chi connectivity index (χ3n) is 8.65. The number of benzene rings is 1. The maximum Gasteiger partial charge on any atom is 0.332 e. The summed E-state index contributed by atoms with van der Waals surface area (Å²) in [6.45, 7) is 22.0. The van der Waals surface area contributed by atoms with Crippen LogP contribution in [0.3, 0.4) is 0 Å². The van der Waals surface area contributed by atoms with Gasteiger partial charge in [0.1, 0.15) is 5.75 Å². The zero-order valence-corrected chi connectivity index (χ0v) is 26.5. The molecule has 0 radical (unpaired) electrons. The molecule has 0 amide bonds. The first-order valence-electron chi connectivity index (χ1n) is 13.4. The first kappa shape index (κ1) is 31.3. The van der Waals surface area contributed by atoms with Gasteiger partial charge in [-0.1, -0.05) is 53.7 Å². The molecule has 0 aromatic heterocycles. The van der Waals surface area contributed by atoms with E-state index >= 15 is 0 Å². The van der Waals surface area contributed by atoms with Gasteiger partial charge in [0.05, 0.1) is 11.1 Å². The summed E-state index contributed by atoms with van der Waals surface area (Å²) in [4.78, 5) is 24.6. The molecule has 1 aliphatic carbocycles. The molecule has 0 saturated heterocycles. The Bertz CT molecular complexity index is 989. The van der Waals surface area contributed by atoms with Crippen molar-refractivity contribution in [2.24, 2.45) is 5.92 Å². The second-order valence-corrected chi connectivity index (χ2v) is 23.0. The van der Waals surface area contributed by atoms with Crippen LogP contribution in [0.25, 0.3) is 0 Å². The van der Waals surface area contributed by atoms with Crippen LogP contribution in [0.2, 0.25) is 36.3 Å². The monoisotopic (exact) mass is 548 g/mol. The number of carboxylic acid groups (broad SMARTS) is 2. The Morgan fingerprint density at radius 1 is 0.811 bits per heavy atom. The van der Waals surface area contributed by atoms with Crippen LogP contribution in [0, 0.1) is 5.92 Å². The lowest BCUT2D eigenvalue weighted by Gasteiger charge is -2.41. The van der Waals surface area contributed by atoms with E-state index in [-0.39, 0.29) is 39.7 Å². The van der Waals surface area contributed by atoms with Gasteiger partial charge in [0.15, 0.2) is 8.32 Å². The van der Waals surface area contributed by atoms with Gasteiger partial charge in [0.25, 0.3) is 0 Å². The van der Waals surface area contributed by atoms with Gasteiger partial charge < -0.3 is 19.1 Å². The van der Waals surface area contributed by atoms with Crippen molar-refractivity contribution in [1.29, 1.82) is 0 Å². The van der Waals surface area contributed by atoms with Gasteiger partial charge in [-0.05, 0) is 85.6 Å². The quantitative estimate of drug-likeness (QED) is 0.243. The van der Waals surface area contributed by atoms with Crippen LogP contribution in [0.5, 0.6) is 5.75 Å². The Labute approximate surface area is 225 Å². The predicted molar refractivity (Wildman–Crippen MR) is 154 cm³/mol. The van der Waals surface area contributed by atoms with Gasteiger partial charge in [-0.3, -0.25) is 0 Å². The van der Waals surface area contributed by atoms with Crippen molar-refractivity contribution in [3.8, 4) is 5.75 Å². The zero-order chi connectivity index (χ0) is 28.4. The van der Waals surface area contributed by atoms with Gasteiger partial charge in [-0.15, -0.1) is 0 Å². The lowest BCUT2D eigenvalue weighted by Crippen LogP contribution is -2.44. The molecule has 1 aromatic rings. The minimum absolute atomic E-state index is 0.0284. The molecule has 37 heavy (non-hydrogen) atoms. The minimum atomic E-state index is -1.99. The molecule has 2 N–H and O–H groups in total. The SMILES string of the molecule is CC(C)(C)[Si](C)(C)Oc1ccc(C/C(C(=O)O)=C(/C(=O)O)C2CCC(O[Si](C)(C)C(C)(C)C)CC2)cc1. The van der Waals surface area contributed by atoms with E-state index in [2.05, 4.69) is 67.7 Å². The molecule has 208 valence electrons. The van der Waals surface area contributed by atoms with Crippen LogP contribution in [-0.2, 0) is 20.4 Å². The van der Waals surface area contributed by atoms with Crippen LogP contribution in [0.1, 0.15) is 72.8 Å². The third-order valence-corrected chi connectivity index (χ3v) is 17.5. The van der Waals surface area contributed by atoms with E-state index in [1.165, 1.54) is 0 Å². The topological polar surface area (TPSA) is 93.1 Å². The Balaban J connectivity index is 2.21. The average Bonchev–Trinajstić information content (AvgIpc) is 2.73. The summed E-state index contributed by atoms with van der Waals surface area (Å²) in [6.07, 6.45) is 2.92. The highest BCUT2D eigenvalue weighted by Crippen LogP contribution is 2.41. The van der Waals surface area contributed by atoms with E-state index in [9.17, 15) is 19.8 Å². The first-order chi connectivity index (χ1) is 16.7. The van der Waals surface area contributed by atoms with Crippen LogP contribution < -0.4 is 4.43 Å². The largest absolute Gasteiger partial charge is 0.544 e. The van der Waals surface area contributed by atoms with E-state index < -0.39 is 28.6 Å². The lowest BCUT2D eigenvalue weighted by molar-refractivity contribution is -0.136. The van der Waals surface area contributed by atoms with Crippen molar-refractivity contribution in [2.75, 3.05) is 0 Å². The molecule has 6 nitrogen and oxygen atoms in total. The Morgan fingerprint density at radius 2 is 1.30 bits per heavy atom. The summed E-state index contributed by atoms with van der Waals surface area (Å²) in [5.41, 5.74) is 0.771. The number of aliphatic carboxylic acids is 2. The fourth-order valence-electron chi connectivity index (χ4n) is 4.23. The molecule has 0 aliphatic heterocycles. The van der Waals surface area contributed by atoms with E-state index in [1.807, 2.05) is 24.3 Å². The Kier molecular flexibility index (Phi) is 9.69. The molecule has 0 atom stereocenters. The Hall–Kier alpha value is -1.91. The van der Waals surface area contributed by atoms with E-state index in [1.54, 1.807) is 0 Å². The van der Waals surface area contributed by atoms with Gasteiger partial charge in [0.2, 0.25) is 8.32 Å². The zero-order valence-electron chi connectivity index (χ0n) is 24.5. The predicted octanol–water partition coefficient (Wildman–Crippen LogP) is 7.66. The van der Waals surface area contributed by atoms with E-state index in [0.717, 1.165) is 24.2 Å². The molecule has 0 bridgehead atoms. The summed E-state index contributed by atoms with van der Waals surface area (Å²) in [7, 11) is -3.90. The third kappa shape index (κ3) is 8.04. The maximum atomic E-state index is 12.3. The molecule has 2 rings (SSSR count). The lowest BCUT2D eigenvalue weighted by atomic mass is 9.79. The van der Waals surface area contributed by atoms with Crippen molar-refractivity contribution in [3.63, 3.8) is 0 Å². The summed E-state index contributed by atoms with van der Waals surface area (Å²) < 4.78 is 12.9. The summed E-state index contributed by atoms with van der Waals surface area (Å²) >= 11 is 0.